The molecular weight excluding hydrogens is 308 g/mol. The van der Waals surface area contributed by atoms with Crippen molar-refractivity contribution in [3.63, 3.8) is 0 Å². The average Bonchev–Trinajstić information content (AvgIpc) is 2.90. The van der Waals surface area contributed by atoms with Crippen molar-refractivity contribution in [2.24, 2.45) is 0 Å². The minimum absolute atomic E-state index is 0.256. The number of rotatable bonds is 7. The predicted molar refractivity (Wildman–Crippen MR) is 83.4 cm³/mol. The first-order valence-electron chi connectivity index (χ1n) is 6.56. The first kappa shape index (κ1) is 15.9. The van der Waals surface area contributed by atoms with Crippen molar-refractivity contribution in [2.45, 2.75) is 25.0 Å². The molecule has 7 heteroatoms. The number of nitrogens with one attached hydrogen (secondary N) is 1. The summed E-state index contributed by atoms with van der Waals surface area (Å²) in [5, 5.41) is 6.18. The molecule has 21 heavy (non-hydrogen) atoms. The second-order valence-corrected chi connectivity index (χ2v) is 7.51. The Kier molecular flexibility index (Phi) is 5.33. The summed E-state index contributed by atoms with van der Waals surface area (Å²) in [6.07, 6.45) is 1.18. The van der Waals surface area contributed by atoms with Gasteiger partial charge in [0.1, 0.15) is 17.4 Å². The molecule has 1 heterocycles. The molecule has 1 aromatic carbocycles. The van der Waals surface area contributed by atoms with Gasteiger partial charge in [-0.15, -0.1) is 11.3 Å². The van der Waals surface area contributed by atoms with E-state index in [1.54, 1.807) is 29.5 Å². The molecule has 0 aliphatic carbocycles. The SMILES string of the molecule is CCNCc1nc(COc2cccc(S(C)(=O)=O)c2)cs1. The van der Waals surface area contributed by atoms with Crippen molar-refractivity contribution in [3.05, 3.63) is 40.3 Å². The molecule has 0 aliphatic heterocycles. The van der Waals surface area contributed by atoms with Gasteiger partial charge in [0, 0.05) is 18.2 Å². The quantitative estimate of drug-likeness (QED) is 0.845. The number of hydrogen-bond acceptors (Lipinski definition) is 6. The van der Waals surface area contributed by atoms with Crippen LogP contribution in [0.4, 0.5) is 0 Å². The van der Waals surface area contributed by atoms with E-state index in [1.807, 2.05) is 12.3 Å². The lowest BCUT2D eigenvalue weighted by Gasteiger charge is -2.05. The summed E-state index contributed by atoms with van der Waals surface area (Å²) in [7, 11) is -3.22. The van der Waals surface area contributed by atoms with E-state index in [0.29, 0.717) is 12.4 Å². The maximum absolute atomic E-state index is 11.5. The molecule has 0 bridgehead atoms. The largest absolute Gasteiger partial charge is 0.487 e. The molecule has 1 N–H and O–H groups in total. The summed E-state index contributed by atoms with van der Waals surface area (Å²) in [6.45, 7) is 4.04. The van der Waals surface area contributed by atoms with E-state index in [9.17, 15) is 8.42 Å². The van der Waals surface area contributed by atoms with Gasteiger partial charge in [0.15, 0.2) is 9.84 Å². The highest BCUT2D eigenvalue weighted by Crippen LogP contribution is 2.19. The lowest BCUT2D eigenvalue weighted by atomic mass is 10.3. The van der Waals surface area contributed by atoms with Gasteiger partial charge in [-0.05, 0) is 24.7 Å². The molecule has 2 rings (SSSR count). The minimum atomic E-state index is -3.22. The Hall–Kier alpha value is -1.44. The molecule has 2 aromatic rings. The van der Waals surface area contributed by atoms with E-state index < -0.39 is 9.84 Å². The summed E-state index contributed by atoms with van der Waals surface area (Å²) in [5.41, 5.74) is 0.845. The molecule has 0 radical (unpaired) electrons. The third-order valence-electron chi connectivity index (χ3n) is 2.75. The Bertz CT molecular complexity index is 696. The van der Waals surface area contributed by atoms with Crippen molar-refractivity contribution < 1.29 is 13.2 Å². The van der Waals surface area contributed by atoms with E-state index in [1.165, 1.54) is 12.3 Å². The van der Waals surface area contributed by atoms with Crippen molar-refractivity contribution in [2.75, 3.05) is 12.8 Å². The van der Waals surface area contributed by atoms with Crippen LogP contribution in [-0.4, -0.2) is 26.2 Å². The van der Waals surface area contributed by atoms with E-state index in [0.717, 1.165) is 23.8 Å². The summed E-state index contributed by atoms with van der Waals surface area (Å²) >= 11 is 1.58. The zero-order valence-electron chi connectivity index (χ0n) is 12.0. The monoisotopic (exact) mass is 326 g/mol. The van der Waals surface area contributed by atoms with E-state index >= 15 is 0 Å². The fourth-order valence-corrected chi connectivity index (χ4v) is 3.08. The van der Waals surface area contributed by atoms with Crippen molar-refractivity contribution >= 4 is 21.2 Å². The summed E-state index contributed by atoms with van der Waals surface area (Å²) in [5.74, 6) is 0.527. The average molecular weight is 326 g/mol. The second kappa shape index (κ2) is 7.02. The summed E-state index contributed by atoms with van der Waals surface area (Å²) < 4.78 is 28.6. The van der Waals surface area contributed by atoms with E-state index in [2.05, 4.69) is 10.3 Å². The number of benzene rings is 1. The number of aromatic nitrogens is 1. The van der Waals surface area contributed by atoms with E-state index in [4.69, 9.17) is 4.74 Å². The van der Waals surface area contributed by atoms with Crippen molar-refractivity contribution in [3.8, 4) is 5.75 Å². The van der Waals surface area contributed by atoms with Gasteiger partial charge in [0.05, 0.1) is 10.6 Å². The van der Waals surface area contributed by atoms with Crippen LogP contribution in [0.15, 0.2) is 34.5 Å². The molecule has 0 unspecified atom stereocenters. The molecule has 0 saturated heterocycles. The minimum Gasteiger partial charge on any atom is -0.487 e. The molecule has 5 nitrogen and oxygen atoms in total. The van der Waals surface area contributed by atoms with Gasteiger partial charge in [-0.1, -0.05) is 13.0 Å². The Morgan fingerprint density at radius 2 is 2.19 bits per heavy atom. The molecule has 0 saturated carbocycles. The third-order valence-corrected chi connectivity index (χ3v) is 4.75. The Morgan fingerprint density at radius 1 is 1.38 bits per heavy atom. The molecule has 1 aromatic heterocycles. The van der Waals surface area contributed by atoms with Crippen LogP contribution >= 0.6 is 11.3 Å². The highest BCUT2D eigenvalue weighted by atomic mass is 32.2. The van der Waals surface area contributed by atoms with Crippen molar-refractivity contribution in [1.29, 1.82) is 0 Å². The second-order valence-electron chi connectivity index (χ2n) is 4.55. The number of thiazole rings is 1. The lowest BCUT2D eigenvalue weighted by molar-refractivity contribution is 0.301. The number of nitrogens with zero attached hydrogens (tertiary/aromatic N) is 1. The molecule has 0 fully saturated rings. The predicted octanol–water partition coefficient (Wildman–Crippen LogP) is 2.24. The molecule has 0 spiro atoms. The third kappa shape index (κ3) is 4.80. The van der Waals surface area contributed by atoms with Crippen LogP contribution in [0.1, 0.15) is 17.6 Å². The normalized spacial score (nSPS) is 11.5. The summed E-state index contributed by atoms with van der Waals surface area (Å²) in [4.78, 5) is 4.70. The Morgan fingerprint density at radius 3 is 2.90 bits per heavy atom. The molecule has 0 aliphatic rings. The van der Waals surface area contributed by atoms with Gasteiger partial charge < -0.3 is 10.1 Å². The maximum atomic E-state index is 11.5. The van der Waals surface area contributed by atoms with Gasteiger partial charge in [0.25, 0.3) is 0 Å². The highest BCUT2D eigenvalue weighted by molar-refractivity contribution is 7.90. The topological polar surface area (TPSA) is 68.3 Å². The molecule has 0 atom stereocenters. The number of hydrogen-bond donors (Lipinski definition) is 1. The lowest BCUT2D eigenvalue weighted by Crippen LogP contribution is -2.11. The number of sulfone groups is 1. The zero-order valence-corrected chi connectivity index (χ0v) is 13.6. The van der Waals surface area contributed by atoms with E-state index in [-0.39, 0.29) is 4.90 Å². The van der Waals surface area contributed by atoms with Crippen LogP contribution in [-0.2, 0) is 23.0 Å². The number of ether oxygens (including phenoxy) is 1. The molecular formula is C14H18N2O3S2. The fourth-order valence-electron chi connectivity index (χ4n) is 1.68. The highest BCUT2D eigenvalue weighted by Gasteiger charge is 2.08. The van der Waals surface area contributed by atoms with Crippen LogP contribution in [0, 0.1) is 0 Å². The zero-order chi connectivity index (χ0) is 15.3. The first-order valence-corrected chi connectivity index (χ1v) is 9.33. The van der Waals surface area contributed by atoms with Gasteiger partial charge in [-0.2, -0.15) is 0 Å². The Balaban J connectivity index is 1.98. The van der Waals surface area contributed by atoms with Gasteiger partial charge in [-0.25, -0.2) is 13.4 Å². The van der Waals surface area contributed by atoms with Crippen molar-refractivity contribution in [1.82, 2.24) is 10.3 Å². The van der Waals surface area contributed by atoms with Crippen LogP contribution in [0.25, 0.3) is 0 Å². The maximum Gasteiger partial charge on any atom is 0.175 e. The Labute approximate surface area is 128 Å². The van der Waals surface area contributed by atoms with Crippen LogP contribution in [0.5, 0.6) is 5.75 Å². The summed E-state index contributed by atoms with van der Waals surface area (Å²) in [6, 6.07) is 6.49. The van der Waals surface area contributed by atoms with Crippen LogP contribution < -0.4 is 10.1 Å². The standard InChI is InChI=1S/C14H18N2O3S2/c1-3-15-8-14-16-11(10-20-14)9-19-12-5-4-6-13(7-12)21(2,17)18/h4-7,10,15H,3,8-9H2,1-2H3. The van der Waals surface area contributed by atoms with Crippen LogP contribution in [0.3, 0.4) is 0 Å². The fraction of sp³-hybridized carbons (Fsp3) is 0.357. The first-order chi connectivity index (χ1) is 9.99. The molecule has 114 valence electrons. The van der Waals surface area contributed by atoms with Crippen LogP contribution in [0.2, 0.25) is 0 Å². The smallest absolute Gasteiger partial charge is 0.175 e. The van der Waals surface area contributed by atoms with Gasteiger partial charge >= 0.3 is 0 Å². The van der Waals surface area contributed by atoms with Gasteiger partial charge in [-0.3, -0.25) is 0 Å². The van der Waals surface area contributed by atoms with Gasteiger partial charge in [0.2, 0.25) is 0 Å². The molecule has 0 amide bonds.